The first-order valence-corrected chi connectivity index (χ1v) is 4.85. The molecule has 0 aromatic heterocycles. The molecule has 11 heavy (non-hydrogen) atoms. The fraction of sp³-hybridized carbons (Fsp3) is 1.00. The summed E-state index contributed by atoms with van der Waals surface area (Å²) in [4.78, 5) is 0. The van der Waals surface area contributed by atoms with Crippen LogP contribution in [-0.2, 0) is 0 Å². The van der Waals surface area contributed by atoms with E-state index in [9.17, 15) is 0 Å². The standard InChI is InChI=1S/C9H20ClN/c1-5-11-8(6-7-10)9(2,3)4/h8,11H,5-7H2,1-4H3. The zero-order valence-electron chi connectivity index (χ0n) is 8.08. The Kier molecular flexibility index (Phi) is 5.11. The molecule has 0 aliphatic carbocycles. The third-order valence-corrected chi connectivity index (χ3v) is 2.11. The van der Waals surface area contributed by atoms with Crippen molar-refractivity contribution in [3.8, 4) is 0 Å². The Balaban J connectivity index is 3.88. The molecule has 0 aliphatic heterocycles. The maximum absolute atomic E-state index is 5.70. The minimum absolute atomic E-state index is 0.324. The normalized spacial score (nSPS) is 15.0. The minimum atomic E-state index is 0.324. The average molecular weight is 178 g/mol. The molecule has 0 radical (unpaired) electrons. The summed E-state index contributed by atoms with van der Waals surface area (Å²) in [5.41, 5.74) is 0.324. The molecule has 0 aliphatic rings. The van der Waals surface area contributed by atoms with Crippen LogP contribution in [-0.4, -0.2) is 18.5 Å². The van der Waals surface area contributed by atoms with Crippen molar-refractivity contribution in [3.63, 3.8) is 0 Å². The van der Waals surface area contributed by atoms with Crippen molar-refractivity contribution < 1.29 is 0 Å². The molecule has 0 rings (SSSR count). The Bertz CT molecular complexity index is 90.2. The topological polar surface area (TPSA) is 12.0 Å². The number of hydrogen-bond acceptors (Lipinski definition) is 1. The fourth-order valence-corrected chi connectivity index (χ4v) is 1.41. The fourth-order valence-electron chi connectivity index (χ4n) is 1.20. The second kappa shape index (κ2) is 5.00. The second-order valence-corrected chi connectivity index (χ2v) is 4.33. The first kappa shape index (κ1) is 11.2. The van der Waals surface area contributed by atoms with Crippen LogP contribution in [0, 0.1) is 5.41 Å². The molecule has 1 atom stereocenters. The van der Waals surface area contributed by atoms with E-state index in [2.05, 4.69) is 33.0 Å². The quantitative estimate of drug-likeness (QED) is 0.652. The molecule has 0 bridgehead atoms. The summed E-state index contributed by atoms with van der Waals surface area (Å²) in [5, 5.41) is 3.44. The van der Waals surface area contributed by atoms with Gasteiger partial charge in [-0.05, 0) is 18.4 Å². The van der Waals surface area contributed by atoms with Gasteiger partial charge < -0.3 is 5.32 Å². The highest BCUT2D eigenvalue weighted by Crippen LogP contribution is 2.21. The van der Waals surface area contributed by atoms with Crippen molar-refractivity contribution in [1.82, 2.24) is 5.32 Å². The number of rotatable bonds is 4. The lowest BCUT2D eigenvalue weighted by Crippen LogP contribution is -2.40. The number of halogens is 1. The van der Waals surface area contributed by atoms with E-state index in [1.54, 1.807) is 0 Å². The van der Waals surface area contributed by atoms with Crippen molar-refractivity contribution >= 4 is 11.6 Å². The van der Waals surface area contributed by atoms with Crippen LogP contribution in [0.25, 0.3) is 0 Å². The van der Waals surface area contributed by atoms with E-state index >= 15 is 0 Å². The van der Waals surface area contributed by atoms with Gasteiger partial charge in [-0.3, -0.25) is 0 Å². The molecule has 0 saturated carbocycles. The third-order valence-electron chi connectivity index (χ3n) is 1.89. The lowest BCUT2D eigenvalue weighted by molar-refractivity contribution is 0.266. The van der Waals surface area contributed by atoms with E-state index < -0.39 is 0 Å². The van der Waals surface area contributed by atoms with E-state index in [1.165, 1.54) is 0 Å². The van der Waals surface area contributed by atoms with Gasteiger partial charge in [-0.1, -0.05) is 27.7 Å². The Labute approximate surface area is 75.5 Å². The average Bonchev–Trinajstić information content (AvgIpc) is 1.85. The highest BCUT2D eigenvalue weighted by Gasteiger charge is 2.22. The summed E-state index contributed by atoms with van der Waals surface area (Å²) in [5.74, 6) is 0.745. The smallest absolute Gasteiger partial charge is 0.0238 e. The van der Waals surface area contributed by atoms with E-state index in [0.717, 1.165) is 18.8 Å². The first-order valence-electron chi connectivity index (χ1n) is 4.31. The van der Waals surface area contributed by atoms with Crippen molar-refractivity contribution in [1.29, 1.82) is 0 Å². The van der Waals surface area contributed by atoms with Gasteiger partial charge in [0.15, 0.2) is 0 Å². The molecule has 0 aromatic rings. The number of alkyl halides is 1. The zero-order valence-corrected chi connectivity index (χ0v) is 8.83. The van der Waals surface area contributed by atoms with Gasteiger partial charge in [-0.2, -0.15) is 0 Å². The zero-order chi connectivity index (χ0) is 8.91. The van der Waals surface area contributed by atoms with E-state index in [4.69, 9.17) is 11.6 Å². The third kappa shape index (κ3) is 4.65. The van der Waals surface area contributed by atoms with Crippen LogP contribution in [0.1, 0.15) is 34.1 Å². The predicted molar refractivity (Wildman–Crippen MR) is 52.3 cm³/mol. The molecule has 0 aromatic carbocycles. The van der Waals surface area contributed by atoms with Crippen molar-refractivity contribution in [2.75, 3.05) is 12.4 Å². The molecule has 0 fully saturated rings. The molecule has 0 amide bonds. The van der Waals surface area contributed by atoms with Gasteiger partial charge in [0.05, 0.1) is 0 Å². The van der Waals surface area contributed by atoms with Gasteiger partial charge in [0.25, 0.3) is 0 Å². The summed E-state index contributed by atoms with van der Waals surface area (Å²) in [6, 6.07) is 0.546. The summed E-state index contributed by atoms with van der Waals surface area (Å²) in [7, 11) is 0. The molecule has 68 valence electrons. The van der Waals surface area contributed by atoms with Gasteiger partial charge in [-0.25, -0.2) is 0 Å². The summed E-state index contributed by atoms with van der Waals surface area (Å²) in [6.07, 6.45) is 1.05. The second-order valence-electron chi connectivity index (χ2n) is 3.95. The van der Waals surface area contributed by atoms with Gasteiger partial charge in [0.2, 0.25) is 0 Å². The van der Waals surface area contributed by atoms with Gasteiger partial charge in [-0.15, -0.1) is 11.6 Å². The molecule has 1 N–H and O–H groups in total. The summed E-state index contributed by atoms with van der Waals surface area (Å²) in [6.45, 7) is 9.89. The SMILES string of the molecule is CCNC(CCCl)C(C)(C)C. The van der Waals surface area contributed by atoms with Gasteiger partial charge in [0.1, 0.15) is 0 Å². The van der Waals surface area contributed by atoms with E-state index in [0.29, 0.717) is 11.5 Å². The van der Waals surface area contributed by atoms with Crippen molar-refractivity contribution in [2.45, 2.75) is 40.2 Å². The Morgan fingerprint density at radius 2 is 1.91 bits per heavy atom. The van der Waals surface area contributed by atoms with Crippen LogP contribution in [0.4, 0.5) is 0 Å². The van der Waals surface area contributed by atoms with Crippen LogP contribution in [0.3, 0.4) is 0 Å². The molecular formula is C9H20ClN. The van der Waals surface area contributed by atoms with Crippen molar-refractivity contribution in [3.05, 3.63) is 0 Å². The number of nitrogens with one attached hydrogen (secondary N) is 1. The van der Waals surface area contributed by atoms with Crippen LogP contribution in [0.15, 0.2) is 0 Å². The largest absolute Gasteiger partial charge is 0.314 e. The first-order chi connectivity index (χ1) is 5.02. The molecule has 2 heteroatoms. The molecule has 0 spiro atoms. The lowest BCUT2D eigenvalue weighted by Gasteiger charge is -2.30. The number of hydrogen-bond donors (Lipinski definition) is 1. The highest BCUT2D eigenvalue weighted by molar-refractivity contribution is 6.17. The van der Waals surface area contributed by atoms with Crippen LogP contribution < -0.4 is 5.32 Å². The Morgan fingerprint density at radius 3 is 2.18 bits per heavy atom. The maximum atomic E-state index is 5.70. The summed E-state index contributed by atoms with van der Waals surface area (Å²) < 4.78 is 0. The molecule has 1 unspecified atom stereocenters. The maximum Gasteiger partial charge on any atom is 0.0238 e. The minimum Gasteiger partial charge on any atom is -0.314 e. The Morgan fingerprint density at radius 1 is 1.36 bits per heavy atom. The Hall–Kier alpha value is 0.250. The molecule has 0 saturated heterocycles. The van der Waals surface area contributed by atoms with E-state index in [1.807, 2.05) is 0 Å². The molecule has 1 nitrogen and oxygen atoms in total. The van der Waals surface area contributed by atoms with Crippen LogP contribution >= 0.6 is 11.6 Å². The van der Waals surface area contributed by atoms with Crippen LogP contribution in [0.2, 0.25) is 0 Å². The lowest BCUT2D eigenvalue weighted by atomic mass is 9.85. The highest BCUT2D eigenvalue weighted by atomic mass is 35.5. The van der Waals surface area contributed by atoms with E-state index in [-0.39, 0.29) is 0 Å². The molecular weight excluding hydrogens is 158 g/mol. The van der Waals surface area contributed by atoms with Gasteiger partial charge in [0, 0.05) is 11.9 Å². The monoisotopic (exact) mass is 177 g/mol. The van der Waals surface area contributed by atoms with Crippen LogP contribution in [0.5, 0.6) is 0 Å². The molecule has 0 heterocycles. The van der Waals surface area contributed by atoms with Crippen molar-refractivity contribution in [2.24, 2.45) is 5.41 Å². The summed E-state index contributed by atoms with van der Waals surface area (Å²) >= 11 is 5.70. The predicted octanol–water partition coefficient (Wildman–Crippen LogP) is 2.64. The van der Waals surface area contributed by atoms with Gasteiger partial charge >= 0.3 is 0 Å².